The lowest BCUT2D eigenvalue weighted by Crippen LogP contribution is -2.31. The standard InChI is InChI=1S/C16H14FIN8O3/c17-13-5-11(25-9-12(29-16(25)28)6-19-15(18)27)1-2-14(13)26-8-10(21-23-26)7-24-4-3-20-22-24/h1-5,8,12H,6-7,9H2,(H,19,27)/t12-/m0/s1. The molecule has 1 fully saturated rings. The number of benzene rings is 1. The molecule has 2 amide bonds. The average molecular weight is 512 g/mol. The minimum Gasteiger partial charge on any atom is -0.442 e. The maximum atomic E-state index is 14.7. The number of carbonyl (C=O) groups is 2. The lowest BCUT2D eigenvalue weighted by Gasteiger charge is -2.14. The number of aromatic nitrogens is 6. The predicted molar refractivity (Wildman–Crippen MR) is 105 cm³/mol. The number of amides is 2. The van der Waals surface area contributed by atoms with Crippen LogP contribution in [0.4, 0.5) is 19.7 Å². The topological polar surface area (TPSA) is 120 Å². The molecule has 0 bridgehead atoms. The summed E-state index contributed by atoms with van der Waals surface area (Å²) in [5.74, 6) is -0.573. The fourth-order valence-corrected chi connectivity index (χ4v) is 3.07. The van der Waals surface area contributed by atoms with Gasteiger partial charge in [-0.3, -0.25) is 9.69 Å². The van der Waals surface area contributed by atoms with E-state index < -0.39 is 18.0 Å². The number of hydrogen-bond acceptors (Lipinski definition) is 7. The number of nitrogens with one attached hydrogen (secondary N) is 1. The Morgan fingerprint density at radius 1 is 1.38 bits per heavy atom. The van der Waals surface area contributed by atoms with Crippen molar-refractivity contribution in [1.82, 2.24) is 35.3 Å². The van der Waals surface area contributed by atoms with Gasteiger partial charge in [-0.1, -0.05) is 10.4 Å². The van der Waals surface area contributed by atoms with Crippen molar-refractivity contribution in [3.05, 3.63) is 48.3 Å². The molecule has 1 atom stereocenters. The fraction of sp³-hybridized carbons (Fsp3) is 0.250. The molecule has 1 aliphatic heterocycles. The van der Waals surface area contributed by atoms with Gasteiger partial charge in [0.05, 0.1) is 37.7 Å². The Bertz CT molecular complexity index is 1040. The van der Waals surface area contributed by atoms with Crippen molar-refractivity contribution in [2.24, 2.45) is 0 Å². The minimum atomic E-state index is -0.597. The number of hydrogen-bond donors (Lipinski definition) is 1. The summed E-state index contributed by atoms with van der Waals surface area (Å²) in [6, 6.07) is 4.33. The molecule has 3 aromatic rings. The number of anilines is 1. The van der Waals surface area contributed by atoms with Gasteiger partial charge in [0.1, 0.15) is 17.5 Å². The van der Waals surface area contributed by atoms with Crippen LogP contribution in [-0.4, -0.2) is 59.2 Å². The number of cyclic esters (lactones) is 1. The predicted octanol–water partition coefficient (Wildman–Crippen LogP) is 1.52. The van der Waals surface area contributed by atoms with Crippen molar-refractivity contribution in [2.75, 3.05) is 18.0 Å². The number of rotatable bonds is 6. The summed E-state index contributed by atoms with van der Waals surface area (Å²) in [4.78, 5) is 24.4. The Balaban J connectivity index is 1.48. The highest BCUT2D eigenvalue weighted by Gasteiger charge is 2.32. The summed E-state index contributed by atoms with van der Waals surface area (Å²) in [6.45, 7) is 0.756. The van der Waals surface area contributed by atoms with Crippen LogP contribution in [0.3, 0.4) is 0 Å². The van der Waals surface area contributed by atoms with Crippen LogP contribution < -0.4 is 10.2 Å². The zero-order valence-electron chi connectivity index (χ0n) is 14.8. The highest BCUT2D eigenvalue weighted by molar-refractivity contribution is 14.1. The molecule has 0 radical (unpaired) electrons. The summed E-state index contributed by atoms with van der Waals surface area (Å²) < 4.78 is 22.5. The number of carbonyl (C=O) groups excluding carboxylic acids is 2. The molecule has 29 heavy (non-hydrogen) atoms. The van der Waals surface area contributed by atoms with Gasteiger partial charge in [0.25, 0.3) is 3.91 Å². The fourth-order valence-electron chi connectivity index (χ4n) is 2.85. The Morgan fingerprint density at radius 3 is 2.97 bits per heavy atom. The van der Waals surface area contributed by atoms with E-state index in [1.54, 1.807) is 51.9 Å². The monoisotopic (exact) mass is 512 g/mol. The zero-order chi connectivity index (χ0) is 20.4. The second kappa shape index (κ2) is 8.10. The van der Waals surface area contributed by atoms with Crippen molar-refractivity contribution in [3.8, 4) is 5.69 Å². The SMILES string of the molecule is O=C(I)NC[C@H]1CN(c2ccc(-n3cc(Cn4ccnn4)nn3)c(F)c2)C(=O)O1. The maximum absolute atomic E-state index is 14.7. The lowest BCUT2D eigenvalue weighted by atomic mass is 10.2. The van der Waals surface area contributed by atoms with E-state index >= 15 is 0 Å². The molecule has 3 heterocycles. The number of nitrogens with zero attached hydrogens (tertiary/aromatic N) is 7. The van der Waals surface area contributed by atoms with Gasteiger partial charge in [-0.25, -0.2) is 18.5 Å². The molecule has 1 N–H and O–H groups in total. The van der Waals surface area contributed by atoms with Gasteiger partial charge in [-0.05, 0) is 18.2 Å². The van der Waals surface area contributed by atoms with Crippen molar-refractivity contribution < 1.29 is 18.7 Å². The Hall–Kier alpha value is -3.10. The van der Waals surface area contributed by atoms with E-state index in [0.717, 1.165) is 0 Å². The Labute approximate surface area is 176 Å². The third-order valence-electron chi connectivity index (χ3n) is 4.17. The molecule has 13 heteroatoms. The second-order valence-corrected chi connectivity index (χ2v) is 7.14. The molecular weight excluding hydrogens is 498 g/mol. The smallest absolute Gasteiger partial charge is 0.414 e. The zero-order valence-corrected chi connectivity index (χ0v) is 16.9. The molecule has 11 nitrogen and oxygen atoms in total. The molecule has 0 aliphatic carbocycles. The van der Waals surface area contributed by atoms with Crippen LogP contribution in [0.2, 0.25) is 0 Å². The molecule has 1 aromatic carbocycles. The van der Waals surface area contributed by atoms with Gasteiger partial charge in [-0.15, -0.1) is 10.2 Å². The van der Waals surface area contributed by atoms with Crippen molar-refractivity contribution in [1.29, 1.82) is 0 Å². The van der Waals surface area contributed by atoms with E-state index in [9.17, 15) is 14.0 Å². The molecule has 1 aliphatic rings. The van der Waals surface area contributed by atoms with Crippen molar-refractivity contribution in [3.63, 3.8) is 0 Å². The van der Waals surface area contributed by atoms with E-state index in [1.165, 1.54) is 21.7 Å². The first kappa shape index (κ1) is 19.2. The highest BCUT2D eigenvalue weighted by Crippen LogP contribution is 2.25. The summed E-state index contributed by atoms with van der Waals surface area (Å²) in [6.07, 6.45) is 3.72. The van der Waals surface area contributed by atoms with Crippen LogP contribution in [0, 0.1) is 5.82 Å². The molecule has 0 saturated carbocycles. The van der Waals surface area contributed by atoms with Crippen LogP contribution in [0.5, 0.6) is 0 Å². The molecule has 150 valence electrons. The van der Waals surface area contributed by atoms with Gasteiger partial charge in [-0.2, -0.15) is 0 Å². The summed E-state index contributed by atoms with van der Waals surface area (Å²) in [5.41, 5.74) is 1.12. The first-order valence-electron chi connectivity index (χ1n) is 8.46. The molecule has 1 saturated heterocycles. The van der Waals surface area contributed by atoms with E-state index in [1.807, 2.05) is 0 Å². The van der Waals surface area contributed by atoms with Crippen molar-refractivity contribution >= 4 is 38.3 Å². The summed E-state index contributed by atoms with van der Waals surface area (Å²) in [5, 5.41) is 18.1. The quantitative estimate of drug-likeness (QED) is 0.302. The van der Waals surface area contributed by atoms with Crippen LogP contribution in [-0.2, 0) is 11.3 Å². The molecular formula is C16H14FIN8O3. The maximum Gasteiger partial charge on any atom is 0.414 e. The summed E-state index contributed by atoms with van der Waals surface area (Å²) in [7, 11) is 0. The third-order valence-corrected chi connectivity index (χ3v) is 4.55. The van der Waals surface area contributed by atoms with Crippen molar-refractivity contribution in [2.45, 2.75) is 12.6 Å². The number of halogens is 2. The van der Waals surface area contributed by atoms with Gasteiger partial charge in [0, 0.05) is 28.8 Å². The van der Waals surface area contributed by atoms with Gasteiger partial charge < -0.3 is 10.1 Å². The normalized spacial score (nSPS) is 16.1. The second-order valence-electron chi connectivity index (χ2n) is 6.16. The van der Waals surface area contributed by atoms with Gasteiger partial charge in [0.2, 0.25) is 0 Å². The molecule has 4 rings (SSSR count). The van der Waals surface area contributed by atoms with E-state index in [-0.39, 0.29) is 22.7 Å². The van der Waals surface area contributed by atoms with Gasteiger partial charge in [0.15, 0.2) is 5.82 Å². The Kier molecular flexibility index (Phi) is 5.37. The molecule has 0 spiro atoms. The highest BCUT2D eigenvalue weighted by atomic mass is 127. The largest absolute Gasteiger partial charge is 0.442 e. The minimum absolute atomic E-state index is 0.187. The average Bonchev–Trinajstić information content (AvgIpc) is 3.42. The molecule has 0 unspecified atom stereocenters. The molecule has 2 aromatic heterocycles. The van der Waals surface area contributed by atoms with Crippen LogP contribution in [0.1, 0.15) is 5.69 Å². The Morgan fingerprint density at radius 2 is 2.24 bits per heavy atom. The van der Waals surface area contributed by atoms with Crippen LogP contribution in [0.25, 0.3) is 5.69 Å². The van der Waals surface area contributed by atoms with Crippen LogP contribution in [0.15, 0.2) is 36.8 Å². The summed E-state index contributed by atoms with van der Waals surface area (Å²) >= 11 is 1.60. The first-order valence-corrected chi connectivity index (χ1v) is 9.54. The lowest BCUT2D eigenvalue weighted by molar-refractivity contribution is 0.141. The van der Waals surface area contributed by atoms with E-state index in [4.69, 9.17) is 4.74 Å². The third kappa shape index (κ3) is 4.33. The first-order chi connectivity index (χ1) is 14.0. The van der Waals surface area contributed by atoms with Crippen LogP contribution >= 0.6 is 22.6 Å². The number of ether oxygens (including phenoxy) is 1. The van der Waals surface area contributed by atoms with E-state index in [0.29, 0.717) is 17.9 Å². The van der Waals surface area contributed by atoms with Gasteiger partial charge >= 0.3 is 6.09 Å². The van der Waals surface area contributed by atoms with E-state index in [2.05, 4.69) is 25.9 Å².